The van der Waals surface area contributed by atoms with Crippen LogP contribution in [0.15, 0.2) is 18.2 Å². The van der Waals surface area contributed by atoms with Gasteiger partial charge in [0.2, 0.25) is 5.91 Å². The molecule has 0 saturated heterocycles. The third-order valence-corrected chi connectivity index (χ3v) is 4.55. The lowest BCUT2D eigenvalue weighted by Gasteiger charge is -2.10. The van der Waals surface area contributed by atoms with Crippen LogP contribution in [-0.2, 0) is 24.3 Å². The van der Waals surface area contributed by atoms with Gasteiger partial charge in [-0.2, -0.15) is 0 Å². The predicted octanol–water partition coefficient (Wildman–Crippen LogP) is 2.71. The molecule has 3 rings (SSSR count). The number of rotatable bonds is 6. The number of nitrogens with one attached hydrogen (secondary N) is 1. The van der Waals surface area contributed by atoms with Crippen LogP contribution in [0.3, 0.4) is 0 Å². The Kier molecular flexibility index (Phi) is 5.68. The number of hydrogen-bond donors (Lipinski definition) is 1. The van der Waals surface area contributed by atoms with E-state index < -0.39 is 0 Å². The van der Waals surface area contributed by atoms with Gasteiger partial charge < -0.3 is 14.6 Å². The molecule has 1 amide bonds. The average Bonchev–Trinajstić information content (AvgIpc) is 2.81. The van der Waals surface area contributed by atoms with E-state index in [1.807, 2.05) is 19.1 Å². The molecule has 0 bridgehead atoms. The molecule has 6 heteroatoms. The number of ether oxygens (including phenoxy) is 1. The first-order valence-electron chi connectivity index (χ1n) is 9.01. The molecule has 0 atom stereocenters. The Bertz CT molecular complexity index is 739. The molecule has 0 saturated carbocycles. The molecular weight excluding hydrogens is 316 g/mol. The predicted molar refractivity (Wildman–Crippen MR) is 95.5 cm³/mol. The van der Waals surface area contributed by atoms with Crippen LogP contribution in [0.4, 0.5) is 0 Å². The Morgan fingerprint density at radius 1 is 1.24 bits per heavy atom. The number of hydrogen-bond acceptors (Lipinski definition) is 4. The molecule has 1 N–H and O–H groups in total. The minimum atomic E-state index is -0.0317. The fourth-order valence-corrected chi connectivity index (χ4v) is 3.16. The standard InChI is InChI=1S/C19H26N4O2/c1-14-7-8-16(15(2)12-14)25-11-9-19(24)20-13-18-22-21-17-6-4-3-5-10-23(17)18/h7-8,12H,3-6,9-11,13H2,1-2H3,(H,20,24). The number of carbonyl (C=O) groups is 1. The molecule has 1 aromatic heterocycles. The Labute approximate surface area is 148 Å². The quantitative estimate of drug-likeness (QED) is 0.876. The number of amides is 1. The molecular formula is C19H26N4O2. The molecule has 1 aliphatic heterocycles. The number of nitrogens with zero attached hydrogens (tertiary/aromatic N) is 3. The SMILES string of the molecule is Cc1ccc(OCCC(=O)NCc2nnc3n2CCCCC3)c(C)c1. The summed E-state index contributed by atoms with van der Waals surface area (Å²) in [6.45, 7) is 5.81. The van der Waals surface area contributed by atoms with E-state index in [1.165, 1.54) is 18.4 Å². The summed E-state index contributed by atoms with van der Waals surface area (Å²) in [5.41, 5.74) is 2.29. The van der Waals surface area contributed by atoms with Crippen molar-refractivity contribution in [1.82, 2.24) is 20.1 Å². The number of benzene rings is 1. The van der Waals surface area contributed by atoms with Crippen molar-refractivity contribution in [3.05, 3.63) is 41.0 Å². The highest BCUT2D eigenvalue weighted by atomic mass is 16.5. The van der Waals surface area contributed by atoms with E-state index in [9.17, 15) is 4.79 Å². The first kappa shape index (κ1) is 17.5. The van der Waals surface area contributed by atoms with Gasteiger partial charge in [-0.05, 0) is 38.3 Å². The van der Waals surface area contributed by atoms with Gasteiger partial charge in [0.15, 0.2) is 5.82 Å². The van der Waals surface area contributed by atoms with Crippen molar-refractivity contribution in [2.45, 2.75) is 59.0 Å². The van der Waals surface area contributed by atoms with Crippen molar-refractivity contribution in [3.8, 4) is 5.75 Å². The van der Waals surface area contributed by atoms with Gasteiger partial charge in [0.05, 0.1) is 19.6 Å². The molecule has 0 aliphatic carbocycles. The van der Waals surface area contributed by atoms with Crippen LogP contribution in [-0.4, -0.2) is 27.3 Å². The van der Waals surface area contributed by atoms with Crippen LogP contribution < -0.4 is 10.1 Å². The largest absolute Gasteiger partial charge is 0.493 e. The van der Waals surface area contributed by atoms with Gasteiger partial charge in [-0.3, -0.25) is 4.79 Å². The van der Waals surface area contributed by atoms with Crippen LogP contribution in [0.5, 0.6) is 5.75 Å². The second-order valence-corrected chi connectivity index (χ2v) is 6.64. The summed E-state index contributed by atoms with van der Waals surface area (Å²) in [5.74, 6) is 2.69. The summed E-state index contributed by atoms with van der Waals surface area (Å²) in [6.07, 6.45) is 4.85. The van der Waals surface area contributed by atoms with Crippen molar-refractivity contribution in [2.24, 2.45) is 0 Å². The summed E-state index contributed by atoms with van der Waals surface area (Å²) in [5, 5.41) is 11.4. The third-order valence-electron chi connectivity index (χ3n) is 4.55. The van der Waals surface area contributed by atoms with Gasteiger partial charge in [-0.15, -0.1) is 10.2 Å². The fourth-order valence-electron chi connectivity index (χ4n) is 3.16. The van der Waals surface area contributed by atoms with Gasteiger partial charge >= 0.3 is 0 Å². The van der Waals surface area contributed by atoms with Crippen molar-refractivity contribution >= 4 is 5.91 Å². The molecule has 0 fully saturated rings. The van der Waals surface area contributed by atoms with Crippen LogP contribution >= 0.6 is 0 Å². The second kappa shape index (κ2) is 8.14. The lowest BCUT2D eigenvalue weighted by molar-refractivity contribution is -0.121. The smallest absolute Gasteiger partial charge is 0.223 e. The zero-order valence-electron chi connectivity index (χ0n) is 15.0. The molecule has 25 heavy (non-hydrogen) atoms. The molecule has 0 spiro atoms. The van der Waals surface area contributed by atoms with Crippen molar-refractivity contribution in [1.29, 1.82) is 0 Å². The van der Waals surface area contributed by atoms with Crippen molar-refractivity contribution in [2.75, 3.05) is 6.61 Å². The van der Waals surface area contributed by atoms with Crippen LogP contribution in [0.2, 0.25) is 0 Å². The van der Waals surface area contributed by atoms with Gasteiger partial charge in [0, 0.05) is 13.0 Å². The maximum Gasteiger partial charge on any atom is 0.223 e. The molecule has 0 radical (unpaired) electrons. The topological polar surface area (TPSA) is 69.0 Å². The third kappa shape index (κ3) is 4.59. The minimum Gasteiger partial charge on any atom is -0.493 e. The first-order chi connectivity index (χ1) is 12.1. The summed E-state index contributed by atoms with van der Waals surface area (Å²) < 4.78 is 7.86. The Hall–Kier alpha value is -2.37. The highest BCUT2D eigenvalue weighted by Crippen LogP contribution is 2.18. The molecule has 2 aromatic rings. The number of fused-ring (bicyclic) bond motifs is 1. The fraction of sp³-hybridized carbons (Fsp3) is 0.526. The normalized spacial score (nSPS) is 13.8. The Morgan fingerprint density at radius 3 is 2.96 bits per heavy atom. The molecule has 1 aromatic carbocycles. The van der Waals surface area contributed by atoms with E-state index in [4.69, 9.17) is 4.74 Å². The Morgan fingerprint density at radius 2 is 2.12 bits per heavy atom. The first-order valence-corrected chi connectivity index (χ1v) is 9.01. The van der Waals surface area contributed by atoms with Crippen LogP contribution in [0.1, 0.15) is 48.5 Å². The van der Waals surface area contributed by atoms with Gasteiger partial charge in [-0.1, -0.05) is 24.1 Å². The second-order valence-electron chi connectivity index (χ2n) is 6.64. The monoisotopic (exact) mass is 342 g/mol. The van der Waals surface area contributed by atoms with E-state index in [0.717, 1.165) is 42.3 Å². The van der Waals surface area contributed by atoms with E-state index in [0.29, 0.717) is 19.6 Å². The lowest BCUT2D eigenvalue weighted by atomic mass is 10.1. The van der Waals surface area contributed by atoms with E-state index in [-0.39, 0.29) is 5.91 Å². The summed E-state index contributed by atoms with van der Waals surface area (Å²) in [4.78, 5) is 12.1. The average molecular weight is 342 g/mol. The van der Waals surface area contributed by atoms with Crippen LogP contribution in [0.25, 0.3) is 0 Å². The summed E-state index contributed by atoms with van der Waals surface area (Å²) >= 11 is 0. The van der Waals surface area contributed by atoms with Crippen LogP contribution in [0, 0.1) is 13.8 Å². The van der Waals surface area contributed by atoms with E-state index in [2.05, 4.69) is 33.1 Å². The zero-order chi connectivity index (χ0) is 17.6. The number of aromatic nitrogens is 3. The van der Waals surface area contributed by atoms with Gasteiger partial charge in [-0.25, -0.2) is 0 Å². The minimum absolute atomic E-state index is 0.0317. The summed E-state index contributed by atoms with van der Waals surface area (Å²) in [6, 6.07) is 6.04. The molecule has 6 nitrogen and oxygen atoms in total. The molecule has 134 valence electrons. The van der Waals surface area contributed by atoms with Gasteiger partial charge in [0.1, 0.15) is 11.6 Å². The lowest BCUT2D eigenvalue weighted by Crippen LogP contribution is -2.26. The van der Waals surface area contributed by atoms with Crippen molar-refractivity contribution in [3.63, 3.8) is 0 Å². The number of aryl methyl sites for hydroxylation is 3. The molecule has 0 unspecified atom stereocenters. The molecule has 1 aliphatic rings. The van der Waals surface area contributed by atoms with E-state index in [1.54, 1.807) is 0 Å². The number of carbonyl (C=O) groups excluding carboxylic acids is 1. The van der Waals surface area contributed by atoms with E-state index >= 15 is 0 Å². The van der Waals surface area contributed by atoms with Gasteiger partial charge in [0.25, 0.3) is 0 Å². The highest BCUT2D eigenvalue weighted by molar-refractivity contribution is 5.75. The highest BCUT2D eigenvalue weighted by Gasteiger charge is 2.15. The molecule has 2 heterocycles. The Balaban J connectivity index is 1.45. The zero-order valence-corrected chi connectivity index (χ0v) is 15.0. The van der Waals surface area contributed by atoms with Crippen molar-refractivity contribution < 1.29 is 9.53 Å². The summed E-state index contributed by atoms with van der Waals surface area (Å²) in [7, 11) is 0. The maximum absolute atomic E-state index is 12.1. The maximum atomic E-state index is 12.1.